The number of hydrogen-bond acceptors (Lipinski definition) is 5. The number of benzene rings is 3. The predicted molar refractivity (Wildman–Crippen MR) is 122 cm³/mol. The number of carbonyl (C=O) groups is 1. The number of nitrogens with one attached hydrogen (secondary N) is 1. The fourth-order valence-electron chi connectivity index (χ4n) is 2.65. The first-order valence-electron chi connectivity index (χ1n) is 9.22. The fourth-order valence-corrected chi connectivity index (χ4v) is 2.97. The molecule has 0 aliphatic carbocycles. The third-order valence-electron chi connectivity index (χ3n) is 4.24. The minimum absolute atomic E-state index is 0.339. The molecule has 8 heteroatoms. The van der Waals surface area contributed by atoms with Crippen molar-refractivity contribution >= 4 is 35.3 Å². The Morgan fingerprint density at radius 3 is 2.35 bits per heavy atom. The summed E-state index contributed by atoms with van der Waals surface area (Å²) in [6.07, 6.45) is 1.53. The molecule has 6 nitrogen and oxygen atoms in total. The van der Waals surface area contributed by atoms with Crippen LogP contribution < -0.4 is 19.6 Å². The van der Waals surface area contributed by atoms with E-state index in [4.69, 9.17) is 37.4 Å². The van der Waals surface area contributed by atoms with Crippen LogP contribution in [0.5, 0.6) is 17.2 Å². The summed E-state index contributed by atoms with van der Waals surface area (Å²) >= 11 is 12.0. The minimum Gasteiger partial charge on any atom is -0.497 e. The van der Waals surface area contributed by atoms with Gasteiger partial charge in [0.05, 0.1) is 30.5 Å². The van der Waals surface area contributed by atoms with Gasteiger partial charge >= 0.3 is 0 Å². The molecular formula is C23H20Cl2N2O4. The number of carbonyl (C=O) groups excluding carboxylic acids is 1. The second-order valence-corrected chi connectivity index (χ2v) is 7.22. The molecule has 31 heavy (non-hydrogen) atoms. The van der Waals surface area contributed by atoms with Crippen molar-refractivity contribution in [3.05, 3.63) is 87.4 Å². The Morgan fingerprint density at radius 2 is 1.68 bits per heavy atom. The molecule has 0 heterocycles. The Bertz CT molecular complexity index is 1080. The molecule has 0 fully saturated rings. The molecule has 0 saturated carbocycles. The van der Waals surface area contributed by atoms with E-state index in [1.54, 1.807) is 30.3 Å². The van der Waals surface area contributed by atoms with Crippen molar-refractivity contribution in [1.82, 2.24) is 5.43 Å². The van der Waals surface area contributed by atoms with Crippen LogP contribution >= 0.6 is 23.2 Å². The summed E-state index contributed by atoms with van der Waals surface area (Å²) in [6, 6.07) is 17.5. The number of amides is 1. The normalized spacial score (nSPS) is 10.7. The largest absolute Gasteiger partial charge is 0.497 e. The molecule has 0 bridgehead atoms. The molecule has 0 saturated heterocycles. The first kappa shape index (κ1) is 22.5. The summed E-state index contributed by atoms with van der Waals surface area (Å²) in [5.41, 5.74) is 4.51. The van der Waals surface area contributed by atoms with Gasteiger partial charge in [-0.15, -0.1) is 0 Å². The van der Waals surface area contributed by atoms with Gasteiger partial charge in [0.15, 0.2) is 0 Å². The van der Waals surface area contributed by atoms with Gasteiger partial charge in [-0.3, -0.25) is 4.79 Å². The van der Waals surface area contributed by atoms with Gasteiger partial charge in [-0.2, -0.15) is 5.10 Å². The topological polar surface area (TPSA) is 69.2 Å². The summed E-state index contributed by atoms with van der Waals surface area (Å²) in [7, 11) is 3.04. The maximum atomic E-state index is 12.4. The van der Waals surface area contributed by atoms with Gasteiger partial charge in [-0.1, -0.05) is 41.4 Å². The van der Waals surface area contributed by atoms with E-state index in [-0.39, 0.29) is 5.91 Å². The lowest BCUT2D eigenvalue weighted by molar-refractivity contribution is 0.0954. The lowest BCUT2D eigenvalue weighted by atomic mass is 10.2. The first-order valence-corrected chi connectivity index (χ1v) is 9.97. The monoisotopic (exact) mass is 458 g/mol. The molecule has 3 rings (SSSR count). The van der Waals surface area contributed by atoms with Gasteiger partial charge in [0.1, 0.15) is 23.9 Å². The molecule has 0 aliphatic rings. The van der Waals surface area contributed by atoms with Crippen LogP contribution in [-0.4, -0.2) is 26.3 Å². The van der Waals surface area contributed by atoms with E-state index in [2.05, 4.69) is 10.5 Å². The van der Waals surface area contributed by atoms with Gasteiger partial charge in [-0.05, 0) is 47.5 Å². The van der Waals surface area contributed by atoms with Crippen LogP contribution in [0.1, 0.15) is 21.5 Å². The summed E-state index contributed by atoms with van der Waals surface area (Å²) < 4.78 is 16.1. The van der Waals surface area contributed by atoms with Crippen LogP contribution in [0.2, 0.25) is 10.0 Å². The molecular weight excluding hydrogens is 439 g/mol. The van der Waals surface area contributed by atoms with Gasteiger partial charge in [-0.25, -0.2) is 5.43 Å². The molecule has 160 valence electrons. The van der Waals surface area contributed by atoms with E-state index >= 15 is 0 Å². The van der Waals surface area contributed by atoms with Crippen molar-refractivity contribution in [1.29, 1.82) is 0 Å². The average Bonchev–Trinajstić information content (AvgIpc) is 2.79. The van der Waals surface area contributed by atoms with Crippen LogP contribution in [0.4, 0.5) is 0 Å². The molecule has 0 aromatic heterocycles. The number of hydrazone groups is 1. The zero-order valence-electron chi connectivity index (χ0n) is 16.9. The van der Waals surface area contributed by atoms with Gasteiger partial charge in [0, 0.05) is 11.6 Å². The van der Waals surface area contributed by atoms with Crippen molar-refractivity contribution in [2.45, 2.75) is 6.61 Å². The number of ether oxygens (including phenoxy) is 3. The maximum Gasteiger partial charge on any atom is 0.271 e. The van der Waals surface area contributed by atoms with Gasteiger partial charge in [0.25, 0.3) is 5.91 Å². The molecule has 1 amide bonds. The van der Waals surface area contributed by atoms with E-state index in [0.29, 0.717) is 39.5 Å². The molecule has 0 spiro atoms. The van der Waals surface area contributed by atoms with E-state index in [1.165, 1.54) is 20.4 Å². The quantitative estimate of drug-likeness (QED) is 0.364. The van der Waals surface area contributed by atoms with Crippen LogP contribution in [0.25, 0.3) is 0 Å². The zero-order valence-corrected chi connectivity index (χ0v) is 18.4. The summed E-state index contributed by atoms with van der Waals surface area (Å²) in [5, 5.41) is 4.99. The van der Waals surface area contributed by atoms with Gasteiger partial charge in [0.2, 0.25) is 0 Å². The van der Waals surface area contributed by atoms with Crippen molar-refractivity contribution < 1.29 is 19.0 Å². The Balaban J connectivity index is 1.61. The number of halogens is 2. The smallest absolute Gasteiger partial charge is 0.271 e. The highest BCUT2D eigenvalue weighted by Gasteiger charge is 2.09. The Kier molecular flexibility index (Phi) is 7.76. The van der Waals surface area contributed by atoms with E-state index in [1.807, 2.05) is 30.3 Å². The van der Waals surface area contributed by atoms with Crippen molar-refractivity contribution in [2.24, 2.45) is 5.10 Å². The van der Waals surface area contributed by atoms with Crippen molar-refractivity contribution in [3.8, 4) is 17.2 Å². The third kappa shape index (κ3) is 6.38. The third-order valence-corrected chi connectivity index (χ3v) is 4.98. The van der Waals surface area contributed by atoms with E-state index in [0.717, 1.165) is 11.1 Å². The SMILES string of the molecule is COc1cc(OC)cc(C(=O)NN=Cc2cccc(OCc3ccc(Cl)c(Cl)c3)c2)c1. The van der Waals surface area contributed by atoms with Crippen LogP contribution in [0, 0.1) is 0 Å². The molecule has 3 aromatic rings. The molecule has 0 atom stereocenters. The fraction of sp³-hybridized carbons (Fsp3) is 0.130. The van der Waals surface area contributed by atoms with Crippen molar-refractivity contribution in [2.75, 3.05) is 14.2 Å². The minimum atomic E-state index is -0.388. The standard InChI is InChI=1S/C23H20Cl2N2O4/c1-29-19-10-17(11-20(12-19)30-2)23(28)27-26-13-15-4-3-5-18(8-15)31-14-16-6-7-21(24)22(25)9-16/h3-13H,14H2,1-2H3,(H,27,28). The highest BCUT2D eigenvalue weighted by molar-refractivity contribution is 6.42. The van der Waals surface area contributed by atoms with Crippen molar-refractivity contribution in [3.63, 3.8) is 0 Å². The summed E-state index contributed by atoms with van der Waals surface area (Å²) in [6.45, 7) is 0.339. The first-order chi connectivity index (χ1) is 15.0. The number of rotatable bonds is 8. The van der Waals surface area contributed by atoms with Crippen LogP contribution in [-0.2, 0) is 6.61 Å². The Morgan fingerprint density at radius 1 is 0.935 bits per heavy atom. The van der Waals surface area contributed by atoms with Crippen LogP contribution in [0.3, 0.4) is 0 Å². The van der Waals surface area contributed by atoms with E-state index in [9.17, 15) is 4.79 Å². The lowest BCUT2D eigenvalue weighted by Crippen LogP contribution is -2.17. The number of methoxy groups -OCH3 is 2. The second kappa shape index (κ2) is 10.7. The highest BCUT2D eigenvalue weighted by atomic mass is 35.5. The Labute approximate surface area is 190 Å². The number of nitrogens with zero attached hydrogens (tertiary/aromatic N) is 1. The average molecular weight is 459 g/mol. The highest BCUT2D eigenvalue weighted by Crippen LogP contribution is 2.24. The summed E-state index contributed by atoms with van der Waals surface area (Å²) in [5.74, 6) is 1.29. The molecule has 0 aliphatic heterocycles. The van der Waals surface area contributed by atoms with Crippen LogP contribution in [0.15, 0.2) is 65.8 Å². The molecule has 0 radical (unpaired) electrons. The zero-order chi connectivity index (χ0) is 22.2. The molecule has 1 N–H and O–H groups in total. The van der Waals surface area contributed by atoms with E-state index < -0.39 is 0 Å². The summed E-state index contributed by atoms with van der Waals surface area (Å²) in [4.78, 5) is 12.4. The Hall–Kier alpha value is -3.22. The maximum absolute atomic E-state index is 12.4. The number of hydrogen-bond donors (Lipinski definition) is 1. The lowest BCUT2D eigenvalue weighted by Gasteiger charge is -2.08. The second-order valence-electron chi connectivity index (χ2n) is 6.41. The molecule has 0 unspecified atom stereocenters. The van der Waals surface area contributed by atoms with Gasteiger partial charge < -0.3 is 14.2 Å². The predicted octanol–water partition coefficient (Wildman–Crippen LogP) is 5.35. The molecule has 3 aromatic carbocycles.